The fourth-order valence-corrected chi connectivity index (χ4v) is 3.74. The maximum atomic E-state index is 12.2. The van der Waals surface area contributed by atoms with E-state index in [-0.39, 0.29) is 28.2 Å². The first-order chi connectivity index (χ1) is 12.8. The van der Waals surface area contributed by atoms with Crippen molar-refractivity contribution >= 4 is 27.5 Å². The molecule has 27 heavy (non-hydrogen) atoms. The van der Waals surface area contributed by atoms with Gasteiger partial charge in [0.2, 0.25) is 10.0 Å². The number of hydrogen-bond acceptors (Lipinski definition) is 4. The molecule has 146 valence electrons. The highest BCUT2D eigenvalue weighted by atomic mass is 35.5. The summed E-state index contributed by atoms with van der Waals surface area (Å²) in [5, 5.41) is 0.132. The first-order valence-electron chi connectivity index (χ1n) is 8.53. The lowest BCUT2D eigenvalue weighted by Crippen LogP contribution is -2.31. The summed E-state index contributed by atoms with van der Waals surface area (Å²) in [7, 11) is -1.92. The molecular weight excluding hydrogens is 388 g/mol. The number of halogens is 1. The molecule has 0 aliphatic carbocycles. The summed E-state index contributed by atoms with van der Waals surface area (Å²) in [6.45, 7) is 2.50. The Morgan fingerprint density at radius 2 is 1.89 bits per heavy atom. The number of nitrogens with one attached hydrogen (secondary N) is 1. The molecule has 2 rings (SSSR count). The SMILES string of the molecule is CCCNS(=O)(=O)c1ccc(OCC(=O)N(C)Cc2ccccc2)c(Cl)c1. The minimum Gasteiger partial charge on any atom is -0.482 e. The number of carbonyl (C=O) groups is 1. The van der Waals surface area contributed by atoms with Crippen molar-refractivity contribution in [2.45, 2.75) is 24.8 Å². The van der Waals surface area contributed by atoms with Crippen LogP contribution in [-0.4, -0.2) is 39.4 Å². The molecule has 0 radical (unpaired) electrons. The highest BCUT2D eigenvalue weighted by molar-refractivity contribution is 7.89. The average molecular weight is 411 g/mol. The number of benzene rings is 2. The van der Waals surface area contributed by atoms with E-state index >= 15 is 0 Å². The molecule has 0 aliphatic heterocycles. The zero-order valence-electron chi connectivity index (χ0n) is 15.3. The fourth-order valence-electron chi connectivity index (χ4n) is 2.28. The van der Waals surface area contributed by atoms with Gasteiger partial charge in [0.25, 0.3) is 5.91 Å². The highest BCUT2D eigenvalue weighted by Gasteiger charge is 2.16. The Morgan fingerprint density at radius 1 is 1.19 bits per heavy atom. The van der Waals surface area contributed by atoms with E-state index in [1.165, 1.54) is 18.2 Å². The van der Waals surface area contributed by atoms with Crippen molar-refractivity contribution in [1.29, 1.82) is 0 Å². The van der Waals surface area contributed by atoms with Crippen molar-refractivity contribution in [3.05, 3.63) is 59.1 Å². The molecule has 1 N–H and O–H groups in total. The van der Waals surface area contributed by atoms with Gasteiger partial charge in [-0.25, -0.2) is 13.1 Å². The molecule has 0 bridgehead atoms. The van der Waals surface area contributed by atoms with Gasteiger partial charge in [0.05, 0.1) is 9.92 Å². The number of hydrogen-bond donors (Lipinski definition) is 1. The van der Waals surface area contributed by atoms with Crippen molar-refractivity contribution in [3.8, 4) is 5.75 Å². The van der Waals surface area contributed by atoms with Crippen LogP contribution in [0.15, 0.2) is 53.4 Å². The number of ether oxygens (including phenoxy) is 1. The highest BCUT2D eigenvalue weighted by Crippen LogP contribution is 2.27. The second-order valence-corrected chi connectivity index (χ2v) is 8.19. The summed E-state index contributed by atoms with van der Waals surface area (Å²) in [6.07, 6.45) is 0.687. The lowest BCUT2D eigenvalue weighted by atomic mass is 10.2. The Morgan fingerprint density at radius 3 is 2.52 bits per heavy atom. The van der Waals surface area contributed by atoms with Crippen LogP contribution in [0.2, 0.25) is 5.02 Å². The molecule has 0 unspecified atom stereocenters. The van der Waals surface area contributed by atoms with E-state index in [9.17, 15) is 13.2 Å². The molecule has 1 amide bonds. The smallest absolute Gasteiger partial charge is 0.260 e. The van der Waals surface area contributed by atoms with Gasteiger partial charge in [-0.2, -0.15) is 0 Å². The summed E-state index contributed by atoms with van der Waals surface area (Å²) in [6, 6.07) is 13.8. The number of nitrogens with zero attached hydrogens (tertiary/aromatic N) is 1. The lowest BCUT2D eigenvalue weighted by Gasteiger charge is -2.18. The Hall–Kier alpha value is -2.09. The molecule has 0 heterocycles. The van der Waals surface area contributed by atoms with Crippen LogP contribution in [0.4, 0.5) is 0 Å². The van der Waals surface area contributed by atoms with Crippen molar-refractivity contribution < 1.29 is 17.9 Å². The molecule has 0 spiro atoms. The van der Waals surface area contributed by atoms with Gasteiger partial charge >= 0.3 is 0 Å². The topological polar surface area (TPSA) is 75.7 Å². The molecule has 0 aliphatic rings. The minimum absolute atomic E-state index is 0.0563. The van der Waals surface area contributed by atoms with Gasteiger partial charge in [0.1, 0.15) is 5.75 Å². The molecule has 0 saturated carbocycles. The van der Waals surface area contributed by atoms with Crippen LogP contribution >= 0.6 is 11.6 Å². The van der Waals surface area contributed by atoms with E-state index in [0.717, 1.165) is 5.56 Å². The molecule has 0 atom stereocenters. The zero-order chi connectivity index (χ0) is 19.9. The molecule has 0 aromatic heterocycles. The maximum absolute atomic E-state index is 12.2. The van der Waals surface area contributed by atoms with Crippen LogP contribution in [0, 0.1) is 0 Å². The Labute approximate surface area is 165 Å². The Balaban J connectivity index is 1.96. The van der Waals surface area contributed by atoms with Gasteiger partial charge in [-0.05, 0) is 30.2 Å². The molecule has 6 nitrogen and oxygen atoms in total. The predicted octanol–water partition coefficient (Wildman–Crippen LogP) is 3.07. The molecule has 2 aromatic rings. The minimum atomic E-state index is -3.61. The van der Waals surface area contributed by atoms with Gasteiger partial charge < -0.3 is 9.64 Å². The Kier molecular flexibility index (Phi) is 7.65. The van der Waals surface area contributed by atoms with E-state index in [1.54, 1.807) is 11.9 Å². The van der Waals surface area contributed by atoms with Gasteiger partial charge in [0, 0.05) is 20.1 Å². The summed E-state index contributed by atoms with van der Waals surface area (Å²) in [5.41, 5.74) is 1.01. The molecule has 8 heteroatoms. The van der Waals surface area contributed by atoms with E-state index in [4.69, 9.17) is 16.3 Å². The predicted molar refractivity (Wildman–Crippen MR) is 105 cm³/mol. The average Bonchev–Trinajstić information content (AvgIpc) is 2.65. The van der Waals surface area contributed by atoms with Crippen molar-refractivity contribution in [2.24, 2.45) is 0 Å². The van der Waals surface area contributed by atoms with Gasteiger partial charge in [-0.3, -0.25) is 4.79 Å². The third-order valence-electron chi connectivity index (χ3n) is 3.80. The largest absolute Gasteiger partial charge is 0.482 e. The standard InChI is InChI=1S/C19H23ClN2O4S/c1-3-11-21-27(24,25)16-9-10-18(17(20)12-16)26-14-19(23)22(2)13-15-7-5-4-6-8-15/h4-10,12,21H,3,11,13-14H2,1-2H3. The number of rotatable bonds is 9. The van der Waals surface area contributed by atoms with Gasteiger partial charge in [0.15, 0.2) is 6.61 Å². The summed E-state index contributed by atoms with van der Waals surface area (Å²) in [5.74, 6) is 0.0452. The third-order valence-corrected chi connectivity index (χ3v) is 5.55. The van der Waals surface area contributed by atoms with Crippen molar-refractivity contribution in [2.75, 3.05) is 20.2 Å². The molecule has 2 aromatic carbocycles. The second kappa shape index (κ2) is 9.73. The van der Waals surface area contributed by atoms with Crippen LogP contribution in [0.5, 0.6) is 5.75 Å². The number of amides is 1. The van der Waals surface area contributed by atoms with E-state index in [2.05, 4.69) is 4.72 Å². The number of carbonyl (C=O) groups excluding carboxylic acids is 1. The summed E-state index contributed by atoms with van der Waals surface area (Å²) >= 11 is 6.12. The fraction of sp³-hybridized carbons (Fsp3) is 0.316. The number of sulfonamides is 1. The molecule has 0 fully saturated rings. The summed E-state index contributed by atoms with van der Waals surface area (Å²) in [4.78, 5) is 13.8. The van der Waals surface area contributed by atoms with Gasteiger partial charge in [-0.15, -0.1) is 0 Å². The van der Waals surface area contributed by atoms with Crippen molar-refractivity contribution in [1.82, 2.24) is 9.62 Å². The van der Waals surface area contributed by atoms with Crippen molar-refractivity contribution in [3.63, 3.8) is 0 Å². The first kappa shape index (κ1) is 21.2. The van der Waals surface area contributed by atoms with Gasteiger partial charge in [-0.1, -0.05) is 48.9 Å². The lowest BCUT2D eigenvalue weighted by molar-refractivity contribution is -0.132. The first-order valence-corrected chi connectivity index (χ1v) is 10.4. The van der Waals surface area contributed by atoms with Crippen LogP contribution in [0.3, 0.4) is 0 Å². The third kappa shape index (κ3) is 6.23. The number of likely N-dealkylation sites (N-methyl/N-ethyl adjacent to an activating group) is 1. The normalized spacial score (nSPS) is 11.2. The molecule has 0 saturated heterocycles. The van der Waals surface area contributed by atoms with Crippen LogP contribution in [-0.2, 0) is 21.4 Å². The summed E-state index contributed by atoms with van der Waals surface area (Å²) < 4.78 is 32.2. The van der Waals surface area contributed by atoms with Crippen LogP contribution in [0.25, 0.3) is 0 Å². The Bertz CT molecular complexity index is 873. The maximum Gasteiger partial charge on any atom is 0.260 e. The zero-order valence-corrected chi connectivity index (χ0v) is 16.9. The van der Waals surface area contributed by atoms with E-state index < -0.39 is 10.0 Å². The van der Waals surface area contributed by atoms with E-state index in [0.29, 0.717) is 19.5 Å². The molecular formula is C19H23ClN2O4S. The van der Waals surface area contributed by atoms with E-state index in [1.807, 2.05) is 37.3 Å². The second-order valence-electron chi connectivity index (χ2n) is 6.01. The quantitative estimate of drug-likeness (QED) is 0.689. The monoisotopic (exact) mass is 410 g/mol. The van der Waals surface area contributed by atoms with Crippen LogP contribution < -0.4 is 9.46 Å². The van der Waals surface area contributed by atoms with Crippen LogP contribution in [0.1, 0.15) is 18.9 Å².